The van der Waals surface area contributed by atoms with E-state index in [0.717, 1.165) is 12.1 Å². The van der Waals surface area contributed by atoms with Crippen molar-refractivity contribution in [1.82, 2.24) is 9.78 Å². The van der Waals surface area contributed by atoms with Crippen molar-refractivity contribution < 1.29 is 0 Å². The van der Waals surface area contributed by atoms with Gasteiger partial charge in [0.1, 0.15) is 0 Å². The number of nitrogens with two attached hydrogens (primary N) is 1. The van der Waals surface area contributed by atoms with Crippen molar-refractivity contribution in [2.75, 3.05) is 6.54 Å². The molecule has 0 bridgehead atoms. The van der Waals surface area contributed by atoms with E-state index in [1.807, 2.05) is 17.1 Å². The lowest BCUT2D eigenvalue weighted by molar-refractivity contribution is 0.590. The second-order valence-corrected chi connectivity index (χ2v) is 5.63. The van der Waals surface area contributed by atoms with E-state index in [2.05, 4.69) is 50.1 Å². The summed E-state index contributed by atoms with van der Waals surface area (Å²) in [5.74, 6) is 0. The Bertz CT molecular complexity index is 503. The molecule has 0 aliphatic carbocycles. The monoisotopic (exact) mass is 243 g/mol. The molecule has 18 heavy (non-hydrogen) atoms. The van der Waals surface area contributed by atoms with Crippen LogP contribution >= 0.6 is 0 Å². The first-order valence-corrected chi connectivity index (χ1v) is 6.35. The maximum absolute atomic E-state index is 5.54. The highest BCUT2D eigenvalue weighted by Gasteiger charge is 2.13. The van der Waals surface area contributed by atoms with Gasteiger partial charge >= 0.3 is 0 Å². The van der Waals surface area contributed by atoms with Crippen LogP contribution in [-0.4, -0.2) is 16.3 Å². The van der Waals surface area contributed by atoms with Crippen molar-refractivity contribution in [3.63, 3.8) is 0 Å². The maximum atomic E-state index is 5.54. The number of hydrogen-bond acceptors (Lipinski definition) is 2. The minimum Gasteiger partial charge on any atom is -0.330 e. The molecule has 0 amide bonds. The average Bonchev–Trinajstić information content (AvgIpc) is 2.77. The SMILES string of the molecule is CC(C)(C)c1ccc(-n2cc(CCN)cn2)cc1. The summed E-state index contributed by atoms with van der Waals surface area (Å²) in [7, 11) is 0. The Labute approximate surface area is 109 Å². The van der Waals surface area contributed by atoms with E-state index in [1.165, 1.54) is 11.1 Å². The highest BCUT2D eigenvalue weighted by Crippen LogP contribution is 2.23. The average molecular weight is 243 g/mol. The zero-order chi connectivity index (χ0) is 13.2. The minimum atomic E-state index is 0.188. The summed E-state index contributed by atoms with van der Waals surface area (Å²) in [6.45, 7) is 7.31. The molecule has 0 spiro atoms. The molecule has 96 valence electrons. The molecule has 0 fully saturated rings. The fourth-order valence-corrected chi connectivity index (χ4v) is 1.91. The van der Waals surface area contributed by atoms with E-state index >= 15 is 0 Å². The highest BCUT2D eigenvalue weighted by molar-refractivity contribution is 5.36. The molecule has 0 saturated heterocycles. The van der Waals surface area contributed by atoms with Gasteiger partial charge in [-0.05, 0) is 41.6 Å². The van der Waals surface area contributed by atoms with E-state index in [4.69, 9.17) is 5.73 Å². The molecule has 0 atom stereocenters. The second-order valence-electron chi connectivity index (χ2n) is 5.63. The maximum Gasteiger partial charge on any atom is 0.0645 e. The summed E-state index contributed by atoms with van der Waals surface area (Å²) < 4.78 is 1.90. The van der Waals surface area contributed by atoms with Crippen LogP contribution in [0.2, 0.25) is 0 Å². The summed E-state index contributed by atoms with van der Waals surface area (Å²) in [5, 5.41) is 4.36. The lowest BCUT2D eigenvalue weighted by Crippen LogP contribution is -2.10. The third-order valence-electron chi connectivity index (χ3n) is 3.07. The van der Waals surface area contributed by atoms with Crippen LogP contribution in [0.3, 0.4) is 0 Å². The van der Waals surface area contributed by atoms with Crippen LogP contribution in [0.1, 0.15) is 31.9 Å². The zero-order valence-corrected chi connectivity index (χ0v) is 11.4. The first-order valence-electron chi connectivity index (χ1n) is 6.35. The molecule has 1 aromatic heterocycles. The van der Waals surface area contributed by atoms with Crippen LogP contribution < -0.4 is 5.73 Å². The van der Waals surface area contributed by atoms with E-state index in [-0.39, 0.29) is 5.41 Å². The summed E-state index contributed by atoms with van der Waals surface area (Å²) in [6.07, 6.45) is 4.80. The fraction of sp³-hybridized carbons (Fsp3) is 0.400. The summed E-state index contributed by atoms with van der Waals surface area (Å²) in [5.41, 5.74) is 9.33. The zero-order valence-electron chi connectivity index (χ0n) is 11.4. The number of benzene rings is 1. The molecule has 1 heterocycles. The van der Waals surface area contributed by atoms with Crippen LogP contribution in [0.15, 0.2) is 36.7 Å². The molecule has 0 saturated carbocycles. The van der Waals surface area contributed by atoms with Crippen molar-refractivity contribution >= 4 is 0 Å². The third kappa shape index (κ3) is 2.79. The minimum absolute atomic E-state index is 0.188. The number of aromatic nitrogens is 2. The molecular formula is C15H21N3. The summed E-state index contributed by atoms with van der Waals surface area (Å²) in [6, 6.07) is 8.55. The lowest BCUT2D eigenvalue weighted by Gasteiger charge is -2.19. The van der Waals surface area contributed by atoms with Gasteiger partial charge in [0.05, 0.1) is 11.9 Å². The first-order chi connectivity index (χ1) is 8.50. The molecule has 0 unspecified atom stereocenters. The number of nitrogens with zero attached hydrogens (tertiary/aromatic N) is 2. The van der Waals surface area contributed by atoms with E-state index < -0.39 is 0 Å². The van der Waals surface area contributed by atoms with Gasteiger partial charge in [-0.25, -0.2) is 4.68 Å². The quantitative estimate of drug-likeness (QED) is 0.900. The Morgan fingerprint density at radius 3 is 2.39 bits per heavy atom. The predicted octanol–water partition coefficient (Wildman–Crippen LogP) is 2.67. The van der Waals surface area contributed by atoms with Gasteiger partial charge in [0, 0.05) is 6.20 Å². The molecule has 1 aromatic carbocycles. The van der Waals surface area contributed by atoms with Gasteiger partial charge in [-0.15, -0.1) is 0 Å². The van der Waals surface area contributed by atoms with Crippen molar-refractivity contribution in [1.29, 1.82) is 0 Å². The highest BCUT2D eigenvalue weighted by atomic mass is 15.3. The van der Waals surface area contributed by atoms with Crippen LogP contribution in [0.25, 0.3) is 5.69 Å². The van der Waals surface area contributed by atoms with E-state index in [1.54, 1.807) is 0 Å². The summed E-state index contributed by atoms with van der Waals surface area (Å²) >= 11 is 0. The normalized spacial score (nSPS) is 11.8. The van der Waals surface area contributed by atoms with Crippen molar-refractivity contribution in [3.05, 3.63) is 47.8 Å². The predicted molar refractivity (Wildman–Crippen MR) is 75.0 cm³/mol. The molecule has 2 aromatic rings. The Morgan fingerprint density at radius 1 is 1.17 bits per heavy atom. The number of rotatable bonds is 3. The van der Waals surface area contributed by atoms with Crippen molar-refractivity contribution in [2.24, 2.45) is 5.73 Å². The third-order valence-corrected chi connectivity index (χ3v) is 3.07. The topological polar surface area (TPSA) is 43.8 Å². The van der Waals surface area contributed by atoms with Gasteiger partial charge in [0.2, 0.25) is 0 Å². The van der Waals surface area contributed by atoms with Crippen molar-refractivity contribution in [3.8, 4) is 5.69 Å². The van der Waals surface area contributed by atoms with Gasteiger partial charge in [-0.3, -0.25) is 0 Å². The van der Waals surface area contributed by atoms with Gasteiger partial charge in [0.15, 0.2) is 0 Å². The van der Waals surface area contributed by atoms with E-state index in [9.17, 15) is 0 Å². The Balaban J connectivity index is 2.23. The van der Waals surface area contributed by atoms with Crippen molar-refractivity contribution in [2.45, 2.75) is 32.6 Å². The van der Waals surface area contributed by atoms with Crippen LogP contribution in [-0.2, 0) is 11.8 Å². The Hall–Kier alpha value is -1.61. The Morgan fingerprint density at radius 2 is 1.83 bits per heavy atom. The first kappa shape index (κ1) is 12.8. The largest absolute Gasteiger partial charge is 0.330 e. The molecule has 2 N–H and O–H groups in total. The van der Waals surface area contributed by atoms with Crippen LogP contribution in [0, 0.1) is 0 Å². The van der Waals surface area contributed by atoms with Gasteiger partial charge < -0.3 is 5.73 Å². The lowest BCUT2D eigenvalue weighted by atomic mass is 9.87. The van der Waals surface area contributed by atoms with Crippen LogP contribution in [0.4, 0.5) is 0 Å². The molecular weight excluding hydrogens is 222 g/mol. The molecule has 0 radical (unpaired) electrons. The van der Waals surface area contributed by atoms with E-state index in [0.29, 0.717) is 6.54 Å². The molecule has 2 rings (SSSR count). The number of hydrogen-bond donors (Lipinski definition) is 1. The smallest absolute Gasteiger partial charge is 0.0645 e. The van der Waals surface area contributed by atoms with Gasteiger partial charge in [0.25, 0.3) is 0 Å². The Kier molecular flexibility index (Phi) is 3.53. The molecule has 3 heteroatoms. The fourth-order valence-electron chi connectivity index (χ4n) is 1.91. The standard InChI is InChI=1S/C15H21N3/c1-15(2,3)13-4-6-14(7-5-13)18-11-12(8-9-16)10-17-18/h4-7,10-11H,8-9,16H2,1-3H3. The molecule has 3 nitrogen and oxygen atoms in total. The van der Waals surface area contributed by atoms with Crippen LogP contribution in [0.5, 0.6) is 0 Å². The van der Waals surface area contributed by atoms with Gasteiger partial charge in [-0.2, -0.15) is 5.10 Å². The molecule has 0 aliphatic heterocycles. The summed E-state index contributed by atoms with van der Waals surface area (Å²) in [4.78, 5) is 0. The molecule has 0 aliphatic rings. The second kappa shape index (κ2) is 4.94. The van der Waals surface area contributed by atoms with Gasteiger partial charge in [-0.1, -0.05) is 32.9 Å².